The van der Waals surface area contributed by atoms with Crippen molar-refractivity contribution in [2.45, 2.75) is 47.2 Å². The van der Waals surface area contributed by atoms with E-state index in [-0.39, 0.29) is 0 Å². The highest BCUT2D eigenvalue weighted by Gasteiger charge is 2.10. The maximum Gasteiger partial charge on any atom is 0.226 e. The van der Waals surface area contributed by atoms with E-state index in [2.05, 4.69) is 53.5 Å². The van der Waals surface area contributed by atoms with Gasteiger partial charge in [-0.15, -0.1) is 5.10 Å². The molecule has 116 valence electrons. The Morgan fingerprint density at radius 1 is 1.24 bits per heavy atom. The molecular weight excluding hydrogens is 268 g/mol. The van der Waals surface area contributed by atoms with Crippen LogP contribution in [-0.4, -0.2) is 31.7 Å². The van der Waals surface area contributed by atoms with Crippen LogP contribution in [0.25, 0.3) is 0 Å². The highest BCUT2D eigenvalue weighted by atomic mass is 16.5. The molecule has 0 saturated carbocycles. The van der Waals surface area contributed by atoms with E-state index in [1.807, 2.05) is 6.20 Å². The van der Waals surface area contributed by atoms with Gasteiger partial charge in [-0.3, -0.25) is 0 Å². The molecule has 2 aromatic rings. The minimum Gasteiger partial charge on any atom is -0.339 e. The second kappa shape index (κ2) is 7.31. The number of hydrogen-bond donors (Lipinski definition) is 1. The summed E-state index contributed by atoms with van der Waals surface area (Å²) in [4.78, 5) is 4.36. The van der Waals surface area contributed by atoms with Crippen LogP contribution >= 0.6 is 0 Å². The fourth-order valence-corrected chi connectivity index (χ4v) is 1.92. The quantitative estimate of drug-likeness (QED) is 0.796. The molecule has 0 amide bonds. The van der Waals surface area contributed by atoms with Crippen molar-refractivity contribution in [1.82, 2.24) is 30.5 Å². The van der Waals surface area contributed by atoms with E-state index in [1.165, 1.54) is 0 Å². The van der Waals surface area contributed by atoms with Gasteiger partial charge in [-0.1, -0.05) is 38.1 Å². The van der Waals surface area contributed by atoms with Gasteiger partial charge in [-0.25, -0.2) is 4.68 Å². The van der Waals surface area contributed by atoms with Crippen LogP contribution in [0, 0.1) is 11.8 Å². The zero-order valence-corrected chi connectivity index (χ0v) is 13.2. The largest absolute Gasteiger partial charge is 0.339 e. The summed E-state index contributed by atoms with van der Waals surface area (Å²) in [5.41, 5.74) is 0.918. The molecule has 0 fully saturated rings. The molecule has 0 aliphatic heterocycles. The summed E-state index contributed by atoms with van der Waals surface area (Å²) in [5, 5.41) is 15.5. The first-order valence-electron chi connectivity index (χ1n) is 7.44. The SMILES string of the molecule is CC(C)CNCc1cn(Cc2noc(CC(C)C)n2)nn1. The molecular formula is C14H24N6O. The van der Waals surface area contributed by atoms with Gasteiger partial charge in [0.1, 0.15) is 6.54 Å². The second-order valence-corrected chi connectivity index (χ2v) is 6.13. The van der Waals surface area contributed by atoms with E-state index in [0.29, 0.717) is 30.1 Å². The van der Waals surface area contributed by atoms with Crippen molar-refractivity contribution >= 4 is 0 Å². The van der Waals surface area contributed by atoms with Crippen LogP contribution in [-0.2, 0) is 19.5 Å². The van der Waals surface area contributed by atoms with Gasteiger partial charge < -0.3 is 9.84 Å². The Hall–Kier alpha value is -1.76. The van der Waals surface area contributed by atoms with Crippen LogP contribution < -0.4 is 5.32 Å². The summed E-state index contributed by atoms with van der Waals surface area (Å²) in [6.07, 6.45) is 2.71. The van der Waals surface area contributed by atoms with Crippen molar-refractivity contribution in [3.05, 3.63) is 23.6 Å². The summed E-state index contributed by atoms with van der Waals surface area (Å²) in [5.74, 6) is 2.44. The van der Waals surface area contributed by atoms with E-state index < -0.39 is 0 Å². The minimum atomic E-state index is 0.485. The van der Waals surface area contributed by atoms with Crippen LogP contribution in [0.4, 0.5) is 0 Å². The lowest BCUT2D eigenvalue weighted by Gasteiger charge is -2.04. The van der Waals surface area contributed by atoms with Gasteiger partial charge in [0.15, 0.2) is 5.82 Å². The standard InChI is InChI=1S/C14H24N6O/c1-10(2)5-14-16-13(18-21-14)9-20-8-12(17-19-20)7-15-6-11(3)4/h8,10-11,15H,5-7,9H2,1-4H3. The highest BCUT2D eigenvalue weighted by molar-refractivity contribution is 4.94. The first-order chi connectivity index (χ1) is 10.0. The summed E-state index contributed by atoms with van der Waals surface area (Å²) >= 11 is 0. The smallest absolute Gasteiger partial charge is 0.226 e. The summed E-state index contributed by atoms with van der Waals surface area (Å²) in [6, 6.07) is 0. The molecule has 2 heterocycles. The normalized spacial score (nSPS) is 11.7. The van der Waals surface area contributed by atoms with E-state index in [4.69, 9.17) is 4.52 Å². The van der Waals surface area contributed by atoms with Gasteiger partial charge in [0, 0.05) is 13.0 Å². The average molecular weight is 292 g/mol. The molecule has 0 aromatic carbocycles. The molecule has 0 spiro atoms. The first-order valence-corrected chi connectivity index (χ1v) is 7.44. The Bertz CT molecular complexity index is 545. The molecule has 0 radical (unpaired) electrons. The van der Waals surface area contributed by atoms with Crippen LogP contribution in [0.2, 0.25) is 0 Å². The number of nitrogens with zero attached hydrogens (tertiary/aromatic N) is 5. The number of hydrogen-bond acceptors (Lipinski definition) is 6. The molecule has 2 aromatic heterocycles. The zero-order valence-electron chi connectivity index (χ0n) is 13.2. The summed E-state index contributed by atoms with van der Waals surface area (Å²) < 4.78 is 6.94. The van der Waals surface area contributed by atoms with Gasteiger partial charge in [-0.05, 0) is 18.4 Å². The molecule has 0 atom stereocenters. The monoisotopic (exact) mass is 292 g/mol. The van der Waals surface area contributed by atoms with E-state index in [1.54, 1.807) is 4.68 Å². The van der Waals surface area contributed by atoms with E-state index >= 15 is 0 Å². The Balaban J connectivity index is 1.85. The topological polar surface area (TPSA) is 81.7 Å². The predicted molar refractivity (Wildman–Crippen MR) is 78.5 cm³/mol. The van der Waals surface area contributed by atoms with Crippen LogP contribution in [0.3, 0.4) is 0 Å². The number of nitrogens with one attached hydrogen (secondary N) is 1. The third kappa shape index (κ3) is 5.26. The lowest BCUT2D eigenvalue weighted by Crippen LogP contribution is -2.19. The fraction of sp³-hybridized carbons (Fsp3) is 0.714. The summed E-state index contributed by atoms with van der Waals surface area (Å²) in [6.45, 7) is 10.8. The predicted octanol–water partition coefficient (Wildman–Crippen LogP) is 1.65. The fourth-order valence-electron chi connectivity index (χ4n) is 1.92. The van der Waals surface area contributed by atoms with Gasteiger partial charge in [0.2, 0.25) is 5.89 Å². The van der Waals surface area contributed by atoms with Crippen molar-refractivity contribution in [3.63, 3.8) is 0 Å². The summed E-state index contributed by atoms with van der Waals surface area (Å²) in [7, 11) is 0. The Kier molecular flexibility index (Phi) is 5.44. The molecule has 0 saturated heterocycles. The van der Waals surface area contributed by atoms with Gasteiger partial charge in [-0.2, -0.15) is 4.98 Å². The first kappa shape index (κ1) is 15.6. The second-order valence-electron chi connectivity index (χ2n) is 6.13. The van der Waals surface area contributed by atoms with Crippen LogP contribution in [0.1, 0.15) is 45.1 Å². The molecule has 7 heteroatoms. The lowest BCUT2D eigenvalue weighted by molar-refractivity contribution is 0.357. The molecule has 0 aliphatic carbocycles. The molecule has 2 rings (SSSR count). The van der Waals surface area contributed by atoms with Crippen LogP contribution in [0.5, 0.6) is 0 Å². The molecule has 0 unspecified atom stereocenters. The maximum absolute atomic E-state index is 5.21. The van der Waals surface area contributed by atoms with E-state index in [0.717, 1.165) is 25.2 Å². The highest BCUT2D eigenvalue weighted by Crippen LogP contribution is 2.06. The van der Waals surface area contributed by atoms with Gasteiger partial charge >= 0.3 is 0 Å². The zero-order chi connectivity index (χ0) is 15.2. The molecule has 1 N–H and O–H groups in total. The molecule has 0 aliphatic rings. The van der Waals surface area contributed by atoms with Crippen molar-refractivity contribution in [1.29, 1.82) is 0 Å². The Morgan fingerprint density at radius 2 is 2.05 bits per heavy atom. The van der Waals surface area contributed by atoms with Gasteiger partial charge in [0.05, 0.1) is 11.9 Å². The molecule has 7 nitrogen and oxygen atoms in total. The molecule has 0 bridgehead atoms. The molecule has 21 heavy (non-hydrogen) atoms. The third-order valence-corrected chi connectivity index (χ3v) is 2.84. The van der Waals surface area contributed by atoms with Crippen molar-refractivity contribution in [2.24, 2.45) is 11.8 Å². The van der Waals surface area contributed by atoms with Crippen molar-refractivity contribution < 1.29 is 4.52 Å². The third-order valence-electron chi connectivity index (χ3n) is 2.84. The lowest BCUT2D eigenvalue weighted by atomic mass is 10.1. The van der Waals surface area contributed by atoms with Crippen molar-refractivity contribution in [3.8, 4) is 0 Å². The van der Waals surface area contributed by atoms with Crippen molar-refractivity contribution in [2.75, 3.05) is 6.54 Å². The minimum absolute atomic E-state index is 0.485. The number of rotatable bonds is 8. The number of aromatic nitrogens is 5. The Labute approximate surface area is 125 Å². The average Bonchev–Trinajstić information content (AvgIpc) is 2.99. The van der Waals surface area contributed by atoms with E-state index in [9.17, 15) is 0 Å². The maximum atomic E-state index is 5.21. The Morgan fingerprint density at radius 3 is 2.76 bits per heavy atom. The van der Waals surface area contributed by atoms with Gasteiger partial charge in [0.25, 0.3) is 0 Å². The van der Waals surface area contributed by atoms with Crippen LogP contribution in [0.15, 0.2) is 10.7 Å².